The van der Waals surface area contributed by atoms with Crippen LogP contribution >= 0.6 is 0 Å². The highest BCUT2D eigenvalue weighted by atomic mass is 16.5. The highest BCUT2D eigenvalue weighted by Crippen LogP contribution is 2.44. The minimum Gasteiger partial charge on any atom is -0.623 e. The van der Waals surface area contributed by atoms with Crippen LogP contribution in [-0.2, 0) is 0 Å². The molecule has 1 aromatic carbocycles. The van der Waals surface area contributed by atoms with E-state index in [1.54, 1.807) is 0 Å². The lowest BCUT2D eigenvalue weighted by Gasteiger charge is -2.27. The summed E-state index contributed by atoms with van der Waals surface area (Å²) in [7, 11) is 0. The maximum absolute atomic E-state index is 12.6. The lowest BCUT2D eigenvalue weighted by Crippen LogP contribution is -2.32. The molecule has 2 nitrogen and oxygen atoms in total. The van der Waals surface area contributed by atoms with E-state index in [9.17, 15) is 5.21 Å². The summed E-state index contributed by atoms with van der Waals surface area (Å²) in [5, 5.41) is 12.6. The van der Waals surface area contributed by atoms with E-state index < -0.39 is 0 Å². The van der Waals surface area contributed by atoms with E-state index in [0.29, 0.717) is 5.92 Å². The molecule has 0 spiro atoms. The van der Waals surface area contributed by atoms with Gasteiger partial charge in [0.25, 0.3) is 0 Å². The second kappa shape index (κ2) is 3.98. The van der Waals surface area contributed by atoms with Crippen molar-refractivity contribution in [2.75, 3.05) is 0 Å². The molecule has 0 fully saturated rings. The Morgan fingerprint density at radius 1 is 1.22 bits per heavy atom. The zero-order chi connectivity index (χ0) is 12.8. The third kappa shape index (κ3) is 1.52. The number of hydrogen-bond donors (Lipinski definition) is 0. The molecule has 1 aromatic rings. The van der Waals surface area contributed by atoms with Crippen LogP contribution in [-0.4, -0.2) is 16.5 Å². The molecular weight excluding hydrogens is 222 g/mol. The van der Waals surface area contributed by atoms with Crippen molar-refractivity contribution in [1.82, 2.24) is 0 Å². The SMILES string of the molecule is CC1(C)C(c2ccccc2)=[N+]([O-])[C@@H]2C=CCC[C@@H]21. The standard InChI is InChI=1S/C16H19NO/c1-16(2)13-10-6-7-11-14(13)17(18)15(16)12-8-4-3-5-9-12/h3-5,7-9,11,13-14H,6,10H2,1-2H3/t13-,14+/m0/s1. The molecule has 1 aliphatic carbocycles. The fraction of sp³-hybridized carbons (Fsp3) is 0.438. The summed E-state index contributed by atoms with van der Waals surface area (Å²) in [5.41, 5.74) is 1.98. The molecule has 1 heterocycles. The summed E-state index contributed by atoms with van der Waals surface area (Å²) in [6.45, 7) is 4.42. The third-order valence-electron chi connectivity index (χ3n) is 4.47. The molecule has 2 aliphatic rings. The molecule has 0 unspecified atom stereocenters. The van der Waals surface area contributed by atoms with Crippen LogP contribution in [0.4, 0.5) is 0 Å². The highest BCUT2D eigenvalue weighted by Gasteiger charge is 2.53. The quantitative estimate of drug-likeness (QED) is 0.420. The van der Waals surface area contributed by atoms with Gasteiger partial charge in [-0.25, -0.2) is 4.74 Å². The Labute approximate surface area is 108 Å². The van der Waals surface area contributed by atoms with Crippen molar-refractivity contribution >= 4 is 5.71 Å². The molecule has 0 saturated heterocycles. The van der Waals surface area contributed by atoms with Crippen LogP contribution in [0.2, 0.25) is 0 Å². The normalized spacial score (nSPS) is 29.4. The van der Waals surface area contributed by atoms with E-state index in [2.05, 4.69) is 26.0 Å². The van der Waals surface area contributed by atoms with Crippen molar-refractivity contribution in [2.24, 2.45) is 11.3 Å². The molecule has 2 heteroatoms. The number of rotatable bonds is 1. The molecule has 0 N–H and O–H groups in total. The first kappa shape index (κ1) is 11.5. The van der Waals surface area contributed by atoms with Crippen molar-refractivity contribution in [3.8, 4) is 0 Å². The van der Waals surface area contributed by atoms with Crippen molar-refractivity contribution in [3.05, 3.63) is 53.3 Å². The van der Waals surface area contributed by atoms with E-state index in [1.165, 1.54) is 4.74 Å². The van der Waals surface area contributed by atoms with Crippen molar-refractivity contribution in [3.63, 3.8) is 0 Å². The number of allylic oxidation sites excluding steroid dienone is 1. The smallest absolute Gasteiger partial charge is 0.201 e. The maximum atomic E-state index is 12.6. The van der Waals surface area contributed by atoms with Gasteiger partial charge in [-0.15, -0.1) is 0 Å². The summed E-state index contributed by atoms with van der Waals surface area (Å²) >= 11 is 0. The number of hydroxylamine groups is 1. The van der Waals surface area contributed by atoms with Crippen molar-refractivity contribution < 1.29 is 4.74 Å². The Morgan fingerprint density at radius 3 is 2.61 bits per heavy atom. The van der Waals surface area contributed by atoms with E-state index in [-0.39, 0.29) is 11.5 Å². The lowest BCUT2D eigenvalue weighted by atomic mass is 9.70. The van der Waals surface area contributed by atoms with Crippen LogP contribution in [0.5, 0.6) is 0 Å². The summed E-state index contributed by atoms with van der Waals surface area (Å²) in [6.07, 6.45) is 6.46. The molecule has 94 valence electrons. The average Bonchev–Trinajstić information content (AvgIpc) is 2.59. The molecule has 0 saturated carbocycles. The third-order valence-corrected chi connectivity index (χ3v) is 4.47. The largest absolute Gasteiger partial charge is 0.623 e. The van der Waals surface area contributed by atoms with Gasteiger partial charge in [-0.05, 0) is 44.9 Å². The van der Waals surface area contributed by atoms with Gasteiger partial charge < -0.3 is 5.21 Å². The van der Waals surface area contributed by atoms with Crippen LogP contribution < -0.4 is 0 Å². The maximum Gasteiger partial charge on any atom is 0.201 e. The second-order valence-corrected chi connectivity index (χ2v) is 5.86. The summed E-state index contributed by atoms with van der Waals surface area (Å²) in [5.74, 6) is 0.440. The van der Waals surface area contributed by atoms with Crippen LogP contribution in [0.3, 0.4) is 0 Å². The van der Waals surface area contributed by atoms with Crippen LogP contribution in [0.25, 0.3) is 0 Å². The number of benzene rings is 1. The zero-order valence-electron chi connectivity index (χ0n) is 11.0. The van der Waals surface area contributed by atoms with Gasteiger partial charge in [0.15, 0.2) is 6.04 Å². The lowest BCUT2D eigenvalue weighted by molar-refractivity contribution is -0.485. The Bertz CT molecular complexity index is 513. The minimum absolute atomic E-state index is 0.0314. The van der Waals surface area contributed by atoms with Gasteiger partial charge in [0.1, 0.15) is 0 Å². The average molecular weight is 241 g/mol. The van der Waals surface area contributed by atoms with Gasteiger partial charge in [-0.3, -0.25) is 0 Å². The molecule has 0 amide bonds. The Morgan fingerprint density at radius 2 is 1.94 bits per heavy atom. The van der Waals surface area contributed by atoms with E-state index in [4.69, 9.17) is 0 Å². The minimum atomic E-state index is -0.0431. The van der Waals surface area contributed by atoms with Gasteiger partial charge >= 0.3 is 0 Å². The molecule has 0 bridgehead atoms. The van der Waals surface area contributed by atoms with Gasteiger partial charge in [-0.1, -0.05) is 24.3 Å². The number of fused-ring (bicyclic) bond motifs is 1. The zero-order valence-corrected chi connectivity index (χ0v) is 11.0. The Hall–Kier alpha value is -1.57. The monoisotopic (exact) mass is 241 g/mol. The van der Waals surface area contributed by atoms with Crippen LogP contribution in [0.15, 0.2) is 42.5 Å². The first-order chi connectivity index (χ1) is 8.62. The van der Waals surface area contributed by atoms with E-state index >= 15 is 0 Å². The van der Waals surface area contributed by atoms with Gasteiger partial charge in [0, 0.05) is 11.5 Å². The summed E-state index contributed by atoms with van der Waals surface area (Å²) in [4.78, 5) is 0. The summed E-state index contributed by atoms with van der Waals surface area (Å²) < 4.78 is 1.25. The number of nitrogens with zero attached hydrogens (tertiary/aromatic N) is 1. The summed E-state index contributed by atoms with van der Waals surface area (Å²) in [6, 6.07) is 10.1. The van der Waals surface area contributed by atoms with Crippen molar-refractivity contribution in [2.45, 2.75) is 32.7 Å². The first-order valence-electron chi connectivity index (χ1n) is 6.68. The fourth-order valence-electron chi connectivity index (χ4n) is 3.55. The molecule has 18 heavy (non-hydrogen) atoms. The predicted molar refractivity (Wildman–Crippen MR) is 73.6 cm³/mol. The fourth-order valence-corrected chi connectivity index (χ4v) is 3.55. The van der Waals surface area contributed by atoms with Gasteiger partial charge in [-0.2, -0.15) is 0 Å². The predicted octanol–water partition coefficient (Wildman–Crippen LogP) is 3.36. The molecule has 1 aliphatic heterocycles. The molecule has 2 atom stereocenters. The van der Waals surface area contributed by atoms with Crippen molar-refractivity contribution in [1.29, 1.82) is 0 Å². The molecular formula is C16H19NO. The molecule has 3 rings (SSSR count). The van der Waals surface area contributed by atoms with Gasteiger partial charge in [0.2, 0.25) is 5.71 Å². The molecule has 0 aromatic heterocycles. The first-order valence-corrected chi connectivity index (χ1v) is 6.68. The highest BCUT2D eigenvalue weighted by molar-refractivity contribution is 6.02. The molecule has 0 radical (unpaired) electrons. The van der Waals surface area contributed by atoms with Crippen LogP contribution in [0, 0.1) is 16.5 Å². The Balaban J connectivity index is 2.13. The topological polar surface area (TPSA) is 26.1 Å². The van der Waals surface area contributed by atoms with Gasteiger partial charge in [0.05, 0.1) is 5.41 Å². The van der Waals surface area contributed by atoms with E-state index in [0.717, 1.165) is 24.1 Å². The van der Waals surface area contributed by atoms with E-state index in [1.807, 2.05) is 30.3 Å². The second-order valence-electron chi connectivity index (χ2n) is 5.86. The van der Waals surface area contributed by atoms with Crippen LogP contribution in [0.1, 0.15) is 32.3 Å². The Kier molecular flexibility index (Phi) is 2.54. The number of hydrogen-bond acceptors (Lipinski definition) is 1.